The zero-order chi connectivity index (χ0) is 18.4. The van der Waals surface area contributed by atoms with E-state index < -0.39 is 0 Å². The highest BCUT2D eigenvalue weighted by Gasteiger charge is 2.13. The van der Waals surface area contributed by atoms with Gasteiger partial charge >= 0.3 is 0 Å². The number of anilines is 2. The Kier molecular flexibility index (Phi) is 6.07. The van der Waals surface area contributed by atoms with Gasteiger partial charge in [0.1, 0.15) is 28.7 Å². The van der Waals surface area contributed by atoms with Crippen molar-refractivity contribution in [1.82, 2.24) is 4.98 Å². The Morgan fingerprint density at radius 2 is 2.08 bits per heavy atom. The monoisotopic (exact) mass is 373 g/mol. The van der Waals surface area contributed by atoms with Gasteiger partial charge in [-0.25, -0.2) is 4.98 Å². The van der Waals surface area contributed by atoms with Gasteiger partial charge in [0.15, 0.2) is 0 Å². The van der Waals surface area contributed by atoms with E-state index in [2.05, 4.69) is 10.3 Å². The van der Waals surface area contributed by atoms with Crippen LogP contribution in [0, 0.1) is 22.7 Å². The van der Waals surface area contributed by atoms with Crippen LogP contribution in [0.5, 0.6) is 5.75 Å². The maximum atomic E-state index is 12.1. The molecule has 0 saturated carbocycles. The number of hydrogen-bond acceptors (Lipinski definition) is 7. The molecule has 7 nitrogen and oxygen atoms in total. The number of nitrogens with one attached hydrogen (secondary N) is 1. The highest BCUT2D eigenvalue weighted by Crippen LogP contribution is 2.28. The van der Waals surface area contributed by atoms with Gasteiger partial charge in [0, 0.05) is 5.02 Å². The van der Waals surface area contributed by atoms with Crippen molar-refractivity contribution in [3.8, 4) is 17.9 Å². The lowest BCUT2D eigenvalue weighted by Crippen LogP contribution is -2.15. The lowest BCUT2D eigenvalue weighted by Gasteiger charge is -2.10. The number of ether oxygens (including phenoxy) is 1. The topological polar surface area (TPSA) is 125 Å². The van der Waals surface area contributed by atoms with E-state index in [-0.39, 0.29) is 33.6 Å². The highest BCUT2D eigenvalue weighted by atomic mass is 35.5. The van der Waals surface area contributed by atoms with Crippen molar-refractivity contribution in [1.29, 1.82) is 10.5 Å². The van der Waals surface area contributed by atoms with Crippen LogP contribution in [0.4, 0.5) is 11.5 Å². The Morgan fingerprint density at radius 3 is 2.72 bits per heavy atom. The van der Waals surface area contributed by atoms with E-state index in [4.69, 9.17) is 32.6 Å². The fourth-order valence-corrected chi connectivity index (χ4v) is 2.82. The van der Waals surface area contributed by atoms with Crippen molar-refractivity contribution in [2.75, 3.05) is 23.9 Å². The summed E-state index contributed by atoms with van der Waals surface area (Å²) in [6.07, 6.45) is 0. The van der Waals surface area contributed by atoms with Crippen LogP contribution in [0.1, 0.15) is 11.1 Å². The van der Waals surface area contributed by atoms with E-state index in [1.54, 1.807) is 18.2 Å². The molecule has 0 saturated heterocycles. The number of carbonyl (C=O) groups excluding carboxylic acids is 1. The SMILES string of the molecule is COc1ccc(Cl)cc1NC(=O)CSc1nc(N)c(C#N)cc1C#N. The Hall–Kier alpha value is -2.94. The normalized spacial score (nSPS) is 9.76. The average Bonchev–Trinajstić information content (AvgIpc) is 2.60. The van der Waals surface area contributed by atoms with Crippen LogP contribution >= 0.6 is 23.4 Å². The molecule has 25 heavy (non-hydrogen) atoms. The van der Waals surface area contributed by atoms with Crippen LogP contribution in [0.15, 0.2) is 29.3 Å². The number of halogens is 1. The average molecular weight is 374 g/mol. The molecule has 0 bridgehead atoms. The molecule has 126 valence electrons. The van der Waals surface area contributed by atoms with E-state index in [9.17, 15) is 4.79 Å². The number of benzene rings is 1. The first-order chi connectivity index (χ1) is 12.0. The predicted molar refractivity (Wildman–Crippen MR) is 95.4 cm³/mol. The number of nitriles is 2. The van der Waals surface area contributed by atoms with Crippen LogP contribution in [0.3, 0.4) is 0 Å². The number of carbonyl (C=O) groups is 1. The van der Waals surface area contributed by atoms with Crippen molar-refractivity contribution in [2.24, 2.45) is 0 Å². The number of nitrogens with two attached hydrogens (primary N) is 1. The summed E-state index contributed by atoms with van der Waals surface area (Å²) >= 11 is 6.96. The summed E-state index contributed by atoms with van der Waals surface area (Å²) in [5.74, 6) is 0.143. The number of hydrogen-bond donors (Lipinski definition) is 2. The lowest BCUT2D eigenvalue weighted by molar-refractivity contribution is -0.113. The number of amides is 1. The fraction of sp³-hybridized carbons (Fsp3) is 0.125. The first kappa shape index (κ1) is 18.4. The molecule has 0 aliphatic carbocycles. The lowest BCUT2D eigenvalue weighted by atomic mass is 10.2. The third kappa shape index (κ3) is 4.54. The van der Waals surface area contributed by atoms with E-state index in [0.29, 0.717) is 16.5 Å². The molecule has 9 heteroatoms. The zero-order valence-electron chi connectivity index (χ0n) is 13.0. The molecular weight excluding hydrogens is 362 g/mol. The van der Waals surface area contributed by atoms with Gasteiger partial charge in [-0.2, -0.15) is 10.5 Å². The van der Waals surface area contributed by atoms with Gasteiger partial charge in [0.2, 0.25) is 5.91 Å². The van der Waals surface area contributed by atoms with Crippen LogP contribution in [-0.4, -0.2) is 23.8 Å². The minimum absolute atomic E-state index is 0.0112. The van der Waals surface area contributed by atoms with E-state index in [0.717, 1.165) is 11.8 Å². The van der Waals surface area contributed by atoms with Crippen molar-refractivity contribution >= 4 is 40.8 Å². The van der Waals surface area contributed by atoms with Crippen molar-refractivity contribution in [2.45, 2.75) is 5.03 Å². The van der Waals surface area contributed by atoms with Crippen molar-refractivity contribution in [3.63, 3.8) is 0 Å². The van der Waals surface area contributed by atoms with Crippen LogP contribution in [0.2, 0.25) is 5.02 Å². The first-order valence-corrected chi connectivity index (χ1v) is 8.21. The summed E-state index contributed by atoms with van der Waals surface area (Å²) in [5.41, 5.74) is 6.39. The Balaban J connectivity index is 2.11. The summed E-state index contributed by atoms with van der Waals surface area (Å²) in [5, 5.41) is 21.5. The van der Waals surface area contributed by atoms with Gasteiger partial charge in [0.05, 0.1) is 29.7 Å². The van der Waals surface area contributed by atoms with E-state index in [1.165, 1.54) is 13.2 Å². The molecule has 0 aliphatic heterocycles. The number of methoxy groups -OCH3 is 1. The largest absolute Gasteiger partial charge is 0.495 e. The number of nitrogens with zero attached hydrogens (tertiary/aromatic N) is 3. The van der Waals surface area contributed by atoms with Crippen LogP contribution < -0.4 is 15.8 Å². The molecule has 0 radical (unpaired) electrons. The molecule has 0 aliphatic rings. The Bertz CT molecular complexity index is 905. The second-order valence-electron chi connectivity index (χ2n) is 4.68. The van der Waals surface area contributed by atoms with Crippen molar-refractivity contribution in [3.05, 3.63) is 40.4 Å². The molecule has 0 atom stereocenters. The van der Waals surface area contributed by atoms with Gasteiger partial charge < -0.3 is 15.8 Å². The first-order valence-electron chi connectivity index (χ1n) is 6.85. The third-order valence-corrected chi connectivity index (χ3v) is 4.26. The summed E-state index contributed by atoms with van der Waals surface area (Å²) in [7, 11) is 1.48. The Morgan fingerprint density at radius 1 is 1.36 bits per heavy atom. The maximum Gasteiger partial charge on any atom is 0.234 e. The molecule has 0 unspecified atom stereocenters. The number of nitrogen functional groups attached to an aromatic ring is 1. The van der Waals surface area contributed by atoms with Crippen LogP contribution in [0.25, 0.3) is 0 Å². The third-order valence-electron chi connectivity index (χ3n) is 3.03. The van der Waals surface area contributed by atoms with Gasteiger partial charge in [-0.15, -0.1) is 0 Å². The number of pyridine rings is 1. The molecule has 1 aromatic heterocycles. The second-order valence-corrected chi connectivity index (χ2v) is 6.08. The zero-order valence-corrected chi connectivity index (χ0v) is 14.6. The maximum absolute atomic E-state index is 12.1. The van der Waals surface area contributed by atoms with Gasteiger partial charge in [0.25, 0.3) is 0 Å². The standard InChI is InChI=1S/C16H12ClN5O2S/c1-24-13-3-2-11(17)5-12(13)21-14(23)8-25-16-10(7-19)4-9(6-18)15(20)22-16/h2-5H,8H2,1H3,(H2,20,22)(H,21,23). The summed E-state index contributed by atoms with van der Waals surface area (Å²) in [6.45, 7) is 0. The number of rotatable bonds is 5. The minimum Gasteiger partial charge on any atom is -0.495 e. The van der Waals surface area contributed by atoms with Crippen LogP contribution in [-0.2, 0) is 4.79 Å². The molecule has 2 rings (SSSR count). The van der Waals surface area contributed by atoms with Crippen molar-refractivity contribution < 1.29 is 9.53 Å². The van der Waals surface area contributed by atoms with Gasteiger partial charge in [-0.3, -0.25) is 4.79 Å². The molecule has 1 amide bonds. The summed E-state index contributed by atoms with van der Waals surface area (Å²) in [4.78, 5) is 16.2. The van der Waals surface area contributed by atoms with Gasteiger partial charge in [-0.1, -0.05) is 23.4 Å². The fourth-order valence-electron chi connectivity index (χ4n) is 1.89. The number of aromatic nitrogens is 1. The number of thioether (sulfide) groups is 1. The summed E-state index contributed by atoms with van der Waals surface area (Å²) < 4.78 is 5.16. The molecule has 2 aromatic rings. The predicted octanol–water partition coefficient (Wildman–Crippen LogP) is 2.80. The summed E-state index contributed by atoms with van der Waals surface area (Å²) in [6, 6.07) is 10.0. The van der Waals surface area contributed by atoms with E-state index >= 15 is 0 Å². The second kappa shape index (κ2) is 8.25. The highest BCUT2D eigenvalue weighted by molar-refractivity contribution is 8.00. The molecular formula is C16H12ClN5O2S. The molecule has 0 spiro atoms. The quantitative estimate of drug-likeness (QED) is 0.772. The van der Waals surface area contributed by atoms with Gasteiger partial charge in [-0.05, 0) is 24.3 Å². The molecule has 3 N–H and O–H groups in total. The Labute approximate surface area is 153 Å². The molecule has 1 heterocycles. The molecule has 0 fully saturated rings. The van der Waals surface area contributed by atoms with E-state index in [1.807, 2.05) is 12.1 Å². The minimum atomic E-state index is -0.334. The molecule has 1 aromatic carbocycles. The smallest absolute Gasteiger partial charge is 0.234 e.